The van der Waals surface area contributed by atoms with E-state index in [9.17, 15) is 0 Å². The zero-order valence-corrected chi connectivity index (χ0v) is 6.87. The molecule has 2 rings (SSSR count). The molecule has 0 amide bonds. The zero-order chi connectivity index (χ0) is 8.39. The van der Waals surface area contributed by atoms with Gasteiger partial charge in [0.15, 0.2) is 0 Å². The molecule has 0 spiro atoms. The van der Waals surface area contributed by atoms with E-state index in [2.05, 4.69) is 10.3 Å². The average Bonchev–Trinajstić information content (AvgIpc) is 2.17. The number of benzene rings is 1. The molecule has 1 N–H and O–H groups in total. The van der Waals surface area contributed by atoms with Crippen molar-refractivity contribution in [3.8, 4) is 0 Å². The monoisotopic (exact) mass is 162 g/mol. The zero-order valence-electron chi connectivity index (χ0n) is 6.87. The molecule has 0 aromatic heterocycles. The van der Waals surface area contributed by atoms with Crippen molar-refractivity contribution in [2.24, 2.45) is 4.99 Å². The summed E-state index contributed by atoms with van der Waals surface area (Å²) in [5.41, 5.74) is 2.01. The summed E-state index contributed by atoms with van der Waals surface area (Å²) in [6.45, 7) is 0.674. The summed E-state index contributed by atoms with van der Waals surface area (Å²) in [6.07, 6.45) is 0. The van der Waals surface area contributed by atoms with Crippen molar-refractivity contribution in [2.45, 2.75) is 0 Å². The molecular formula is C9H10N2O. The molecule has 3 heteroatoms. The van der Waals surface area contributed by atoms with Crippen LogP contribution in [-0.2, 0) is 4.74 Å². The van der Waals surface area contributed by atoms with Crippen LogP contribution in [0.2, 0.25) is 0 Å². The number of anilines is 1. The van der Waals surface area contributed by atoms with Crippen molar-refractivity contribution in [3.63, 3.8) is 0 Å². The lowest BCUT2D eigenvalue weighted by molar-refractivity contribution is 0.397. The molecular weight excluding hydrogens is 152 g/mol. The Balaban J connectivity index is 2.41. The van der Waals surface area contributed by atoms with E-state index in [0.717, 1.165) is 17.3 Å². The van der Waals surface area contributed by atoms with Crippen LogP contribution >= 0.6 is 0 Å². The summed E-state index contributed by atoms with van der Waals surface area (Å²) in [5, 5.41) is 3.21. The summed E-state index contributed by atoms with van der Waals surface area (Å²) < 4.78 is 5.04. The maximum Gasteiger partial charge on any atom is 0.208 e. The minimum absolute atomic E-state index is 0.674. The van der Waals surface area contributed by atoms with Gasteiger partial charge in [0.1, 0.15) is 0 Å². The summed E-state index contributed by atoms with van der Waals surface area (Å²) in [4.78, 5) is 4.30. The minimum Gasteiger partial charge on any atom is -0.483 e. The number of para-hydroxylation sites is 2. The van der Waals surface area contributed by atoms with Crippen LogP contribution in [0.5, 0.6) is 0 Å². The number of hydrogen-bond donors (Lipinski definition) is 1. The Morgan fingerprint density at radius 3 is 3.08 bits per heavy atom. The number of rotatable bonds is 0. The molecule has 1 aliphatic heterocycles. The second-order valence-corrected chi connectivity index (χ2v) is 2.58. The van der Waals surface area contributed by atoms with Gasteiger partial charge in [-0.05, 0) is 12.1 Å². The number of ether oxygens (including phenoxy) is 1. The first-order valence-electron chi connectivity index (χ1n) is 3.84. The van der Waals surface area contributed by atoms with E-state index in [1.54, 1.807) is 7.11 Å². The quantitative estimate of drug-likeness (QED) is 0.631. The van der Waals surface area contributed by atoms with E-state index in [1.807, 2.05) is 24.3 Å². The first-order valence-corrected chi connectivity index (χ1v) is 3.84. The summed E-state index contributed by atoms with van der Waals surface area (Å²) in [6, 6.07) is 7.91. The molecule has 0 atom stereocenters. The largest absolute Gasteiger partial charge is 0.483 e. The van der Waals surface area contributed by atoms with Crippen molar-refractivity contribution < 1.29 is 4.74 Å². The predicted octanol–water partition coefficient (Wildman–Crippen LogP) is 1.79. The fourth-order valence-electron chi connectivity index (χ4n) is 1.18. The second-order valence-electron chi connectivity index (χ2n) is 2.58. The molecule has 1 heterocycles. The standard InChI is InChI=1S/C9H10N2O/c1-12-9-6-10-7-4-2-3-5-8(7)11-9/h2-5,10H,6H2,1H3. The highest BCUT2D eigenvalue weighted by molar-refractivity contribution is 5.89. The molecule has 0 unspecified atom stereocenters. The highest BCUT2D eigenvalue weighted by Crippen LogP contribution is 2.26. The fourth-order valence-corrected chi connectivity index (χ4v) is 1.18. The van der Waals surface area contributed by atoms with Crippen molar-refractivity contribution >= 4 is 17.3 Å². The van der Waals surface area contributed by atoms with Gasteiger partial charge >= 0.3 is 0 Å². The molecule has 0 saturated carbocycles. The lowest BCUT2D eigenvalue weighted by Gasteiger charge is -2.15. The molecule has 0 bridgehead atoms. The maximum atomic E-state index is 5.04. The predicted molar refractivity (Wildman–Crippen MR) is 49.0 cm³/mol. The Morgan fingerprint density at radius 2 is 2.25 bits per heavy atom. The number of hydrogen-bond acceptors (Lipinski definition) is 3. The van der Waals surface area contributed by atoms with E-state index in [4.69, 9.17) is 4.74 Å². The van der Waals surface area contributed by atoms with Gasteiger partial charge in [-0.15, -0.1) is 0 Å². The Labute approximate surface area is 71.1 Å². The van der Waals surface area contributed by atoms with E-state index in [0.29, 0.717) is 6.54 Å². The van der Waals surface area contributed by atoms with Gasteiger partial charge < -0.3 is 10.1 Å². The first kappa shape index (κ1) is 7.16. The number of aliphatic imine (C=N–C) groups is 1. The normalized spacial score (nSPS) is 14.2. The van der Waals surface area contributed by atoms with Crippen molar-refractivity contribution in [1.29, 1.82) is 0 Å². The van der Waals surface area contributed by atoms with E-state index >= 15 is 0 Å². The molecule has 0 fully saturated rings. The molecule has 1 aromatic carbocycles. The van der Waals surface area contributed by atoms with Gasteiger partial charge in [-0.1, -0.05) is 12.1 Å². The lowest BCUT2D eigenvalue weighted by atomic mass is 10.2. The molecule has 0 radical (unpaired) electrons. The van der Waals surface area contributed by atoms with Crippen LogP contribution in [0, 0.1) is 0 Å². The highest BCUT2D eigenvalue weighted by atomic mass is 16.5. The second kappa shape index (κ2) is 2.85. The van der Waals surface area contributed by atoms with Crippen molar-refractivity contribution in [3.05, 3.63) is 24.3 Å². The summed E-state index contributed by atoms with van der Waals surface area (Å²) in [5.74, 6) is 0.730. The number of fused-ring (bicyclic) bond motifs is 1. The SMILES string of the molecule is COC1=Nc2ccccc2NC1. The molecule has 1 aromatic rings. The van der Waals surface area contributed by atoms with Crippen LogP contribution < -0.4 is 5.32 Å². The van der Waals surface area contributed by atoms with Gasteiger partial charge in [0, 0.05) is 0 Å². The van der Waals surface area contributed by atoms with Gasteiger partial charge in [0.05, 0.1) is 25.0 Å². The van der Waals surface area contributed by atoms with Gasteiger partial charge in [-0.2, -0.15) is 0 Å². The lowest BCUT2D eigenvalue weighted by Crippen LogP contribution is -2.18. The summed E-state index contributed by atoms with van der Waals surface area (Å²) >= 11 is 0. The van der Waals surface area contributed by atoms with Crippen LogP contribution in [0.25, 0.3) is 0 Å². The Morgan fingerprint density at radius 1 is 1.42 bits per heavy atom. The van der Waals surface area contributed by atoms with Gasteiger partial charge in [-0.3, -0.25) is 0 Å². The van der Waals surface area contributed by atoms with Crippen LogP contribution in [0.4, 0.5) is 11.4 Å². The molecule has 1 aliphatic rings. The van der Waals surface area contributed by atoms with Crippen molar-refractivity contribution in [1.82, 2.24) is 0 Å². The van der Waals surface area contributed by atoms with E-state index in [-0.39, 0.29) is 0 Å². The Bertz CT molecular complexity index is 320. The third-order valence-electron chi connectivity index (χ3n) is 1.81. The summed E-state index contributed by atoms with van der Waals surface area (Å²) in [7, 11) is 1.63. The van der Waals surface area contributed by atoms with Gasteiger partial charge in [0.25, 0.3) is 0 Å². The van der Waals surface area contributed by atoms with Gasteiger partial charge in [0.2, 0.25) is 5.90 Å². The first-order chi connectivity index (χ1) is 5.90. The molecule has 0 aliphatic carbocycles. The van der Waals surface area contributed by atoms with E-state index < -0.39 is 0 Å². The van der Waals surface area contributed by atoms with Gasteiger partial charge in [-0.25, -0.2) is 4.99 Å². The number of methoxy groups -OCH3 is 1. The number of nitrogens with zero attached hydrogens (tertiary/aromatic N) is 1. The molecule has 62 valence electrons. The van der Waals surface area contributed by atoms with Crippen LogP contribution in [-0.4, -0.2) is 19.6 Å². The van der Waals surface area contributed by atoms with Crippen LogP contribution in [0.15, 0.2) is 29.3 Å². The Kier molecular flexibility index (Phi) is 1.70. The number of nitrogens with one attached hydrogen (secondary N) is 1. The topological polar surface area (TPSA) is 33.6 Å². The van der Waals surface area contributed by atoms with Crippen molar-refractivity contribution in [2.75, 3.05) is 19.0 Å². The molecule has 12 heavy (non-hydrogen) atoms. The maximum absolute atomic E-state index is 5.04. The minimum atomic E-state index is 0.674. The fraction of sp³-hybridized carbons (Fsp3) is 0.222. The molecule has 3 nitrogen and oxygen atoms in total. The van der Waals surface area contributed by atoms with Crippen LogP contribution in [0.1, 0.15) is 0 Å². The van der Waals surface area contributed by atoms with E-state index in [1.165, 1.54) is 0 Å². The highest BCUT2D eigenvalue weighted by Gasteiger charge is 2.09. The smallest absolute Gasteiger partial charge is 0.208 e. The third-order valence-corrected chi connectivity index (χ3v) is 1.81. The van der Waals surface area contributed by atoms with Crippen LogP contribution in [0.3, 0.4) is 0 Å². The molecule has 0 saturated heterocycles. The average molecular weight is 162 g/mol. The third kappa shape index (κ3) is 1.13. The Hall–Kier alpha value is -1.51.